The van der Waals surface area contributed by atoms with Gasteiger partial charge >= 0.3 is 12.3 Å². The smallest absolute Gasteiger partial charge is 0.510 e. The van der Waals surface area contributed by atoms with Crippen LogP contribution in [0.1, 0.15) is 18.2 Å². The summed E-state index contributed by atoms with van der Waals surface area (Å²) in [5, 5.41) is 19.5. The van der Waals surface area contributed by atoms with Gasteiger partial charge in [0.1, 0.15) is 0 Å². The van der Waals surface area contributed by atoms with Crippen LogP contribution < -0.4 is 4.72 Å². The maximum Gasteiger partial charge on any atom is 0.510 e. The highest BCUT2D eigenvalue weighted by atomic mass is 32.2. The molecule has 18 heteroatoms. The molecule has 0 spiro atoms. The van der Waals surface area contributed by atoms with Crippen LogP contribution in [0.2, 0.25) is 0 Å². The Bertz CT molecular complexity index is 1540. The number of alkyl halides is 3. The Morgan fingerprint density at radius 3 is 2.36 bits per heavy atom. The summed E-state index contributed by atoms with van der Waals surface area (Å²) in [6.07, 6.45) is -5.81. The van der Waals surface area contributed by atoms with E-state index < -0.39 is 47.3 Å². The van der Waals surface area contributed by atoms with Crippen molar-refractivity contribution in [2.24, 2.45) is 5.28 Å². The van der Waals surface area contributed by atoms with Gasteiger partial charge in [0.25, 0.3) is 22.7 Å². The molecule has 0 saturated heterocycles. The first-order valence-corrected chi connectivity index (χ1v) is 13.4. The van der Waals surface area contributed by atoms with Crippen LogP contribution in [0.3, 0.4) is 0 Å². The van der Waals surface area contributed by atoms with Crippen LogP contribution in [0, 0.1) is 12.1 Å². The molecule has 14 nitrogen and oxygen atoms in total. The average Bonchev–Trinajstić information content (AvgIpc) is 3.40. The number of hydrogen-bond donors (Lipinski definition) is 1. The molecule has 0 atom stereocenters. The van der Waals surface area contributed by atoms with Crippen molar-refractivity contribution in [3.63, 3.8) is 0 Å². The van der Waals surface area contributed by atoms with E-state index in [1.54, 1.807) is 29.0 Å². The van der Waals surface area contributed by atoms with Gasteiger partial charge < -0.3 is 19.5 Å². The first-order chi connectivity index (χ1) is 19.7. The highest BCUT2D eigenvalue weighted by molar-refractivity contribution is 7.90. The number of halogens is 3. The fourth-order valence-corrected chi connectivity index (χ4v) is 4.35. The summed E-state index contributed by atoms with van der Waals surface area (Å²) in [7, 11) is -3.40. The lowest BCUT2D eigenvalue weighted by Gasteiger charge is -2.16. The third-order valence-electron chi connectivity index (χ3n) is 5.44. The minimum Gasteiger partial charge on any atom is -0.569 e. The molecule has 0 unspecified atom stereocenters. The van der Waals surface area contributed by atoms with Gasteiger partial charge in [0.2, 0.25) is 5.28 Å². The van der Waals surface area contributed by atoms with Gasteiger partial charge in [-0.2, -0.15) is 18.3 Å². The van der Waals surface area contributed by atoms with Gasteiger partial charge in [-0.05, 0) is 44.2 Å². The molecule has 1 heterocycles. The summed E-state index contributed by atoms with van der Waals surface area (Å²) in [6, 6.07) is 12.2. The predicted molar refractivity (Wildman–Crippen MR) is 137 cm³/mol. The standard InChI is InChI=1S/C24H25F3N6O8S/c1-4-31(33(36)30-41-15-40-23(35)39-3)14-22(34)29-42(37,38)19-11-9-18(10-12-19)32-20(13-21(28-32)24(25,26)27)17-7-5-16(2)6-8-17/h5-13H,4,14-15H2,1-3H3,(H,29,34)/b33-30-. The Morgan fingerprint density at radius 2 is 1.79 bits per heavy atom. The number of nitrogens with one attached hydrogen (secondary N) is 1. The zero-order valence-electron chi connectivity index (χ0n) is 22.4. The van der Waals surface area contributed by atoms with E-state index in [-0.39, 0.29) is 27.8 Å². The van der Waals surface area contributed by atoms with Gasteiger partial charge in [0.15, 0.2) is 12.2 Å². The van der Waals surface area contributed by atoms with E-state index in [0.29, 0.717) is 5.56 Å². The van der Waals surface area contributed by atoms with Crippen molar-refractivity contribution in [1.29, 1.82) is 0 Å². The van der Waals surface area contributed by atoms with Gasteiger partial charge in [-0.3, -0.25) is 4.79 Å². The summed E-state index contributed by atoms with van der Waals surface area (Å²) in [5.41, 5.74) is 0.467. The number of ether oxygens (including phenoxy) is 2. The number of methoxy groups -OCH3 is 1. The molecule has 0 radical (unpaired) electrons. The molecular formula is C24H25F3N6O8S. The van der Waals surface area contributed by atoms with Gasteiger partial charge in [-0.15, -0.1) is 5.01 Å². The molecule has 1 N–H and O–H groups in total. The van der Waals surface area contributed by atoms with Crippen LogP contribution >= 0.6 is 0 Å². The van der Waals surface area contributed by atoms with Crippen LogP contribution in [-0.4, -0.2) is 67.2 Å². The van der Waals surface area contributed by atoms with Crippen LogP contribution in [0.5, 0.6) is 0 Å². The van der Waals surface area contributed by atoms with Crippen molar-refractivity contribution >= 4 is 22.1 Å². The normalized spacial score (nSPS) is 12.0. The molecule has 0 bridgehead atoms. The van der Waals surface area contributed by atoms with Crippen molar-refractivity contribution in [1.82, 2.24) is 19.5 Å². The maximum atomic E-state index is 13.4. The van der Waals surface area contributed by atoms with E-state index >= 15 is 0 Å². The number of aromatic nitrogens is 2. The molecule has 0 aliphatic rings. The number of benzene rings is 2. The Morgan fingerprint density at radius 1 is 1.14 bits per heavy atom. The number of carbonyl (C=O) groups excluding carboxylic acids is 2. The molecule has 0 aliphatic heterocycles. The second kappa shape index (κ2) is 13.2. The number of amides is 1. The van der Waals surface area contributed by atoms with Crippen LogP contribution in [0.25, 0.3) is 16.9 Å². The number of likely N-dealkylation sites (N-methyl/N-ethyl adjacent to an activating group) is 1. The monoisotopic (exact) mass is 614 g/mol. The summed E-state index contributed by atoms with van der Waals surface area (Å²) in [4.78, 5) is 27.2. The van der Waals surface area contributed by atoms with Crippen LogP contribution in [-0.2, 0) is 35.3 Å². The summed E-state index contributed by atoms with van der Waals surface area (Å²) in [6.45, 7) is 1.68. The second-order valence-corrected chi connectivity index (χ2v) is 10.1. The molecule has 42 heavy (non-hydrogen) atoms. The first-order valence-electron chi connectivity index (χ1n) is 11.9. The lowest BCUT2D eigenvalue weighted by molar-refractivity contribution is -0.709. The maximum absolute atomic E-state index is 13.4. The molecule has 1 aromatic heterocycles. The molecule has 0 fully saturated rings. The number of aryl methyl sites for hydroxylation is 1. The summed E-state index contributed by atoms with van der Waals surface area (Å²) in [5.74, 6) is -1.11. The zero-order valence-corrected chi connectivity index (χ0v) is 23.2. The van der Waals surface area contributed by atoms with E-state index in [1.807, 2.05) is 6.92 Å². The van der Waals surface area contributed by atoms with Gasteiger partial charge in [0.05, 0.1) is 34.9 Å². The molecule has 0 aliphatic carbocycles. The first kappa shape index (κ1) is 31.7. The fraction of sp³-hybridized carbons (Fsp3) is 0.292. The number of sulfonamides is 1. The fourth-order valence-electron chi connectivity index (χ4n) is 3.37. The SMILES string of the molecule is CCN(CC(=O)NS(=O)(=O)c1ccc(-n2nc(C(F)(F)F)cc2-c2ccc(C)cc2)cc1)/[N+]([O-])=N/OCOC(=O)OC. The van der Waals surface area contributed by atoms with E-state index in [9.17, 15) is 36.4 Å². The van der Waals surface area contributed by atoms with Crippen molar-refractivity contribution in [3.05, 3.63) is 71.1 Å². The van der Waals surface area contributed by atoms with Gasteiger partial charge in [0, 0.05) is 5.56 Å². The van der Waals surface area contributed by atoms with Gasteiger partial charge in [-0.25, -0.2) is 22.6 Å². The third kappa shape index (κ3) is 8.09. The number of hydrazine groups is 1. The van der Waals surface area contributed by atoms with Crippen molar-refractivity contribution in [2.75, 3.05) is 27.0 Å². The quantitative estimate of drug-likeness (QED) is 0.0842. The molecule has 0 saturated carbocycles. The zero-order chi connectivity index (χ0) is 31.1. The summed E-state index contributed by atoms with van der Waals surface area (Å²) >= 11 is 0. The number of carbonyl (C=O) groups is 2. The minimum atomic E-state index is -4.72. The number of nitrogens with zero attached hydrogens (tertiary/aromatic N) is 5. The van der Waals surface area contributed by atoms with E-state index in [2.05, 4.69) is 24.7 Å². The minimum absolute atomic E-state index is 0.0938. The Hall–Kier alpha value is -4.87. The second-order valence-electron chi connectivity index (χ2n) is 8.37. The van der Waals surface area contributed by atoms with Gasteiger partial charge in [-0.1, -0.05) is 29.8 Å². The Kier molecular flexibility index (Phi) is 9.95. The van der Waals surface area contributed by atoms with Crippen molar-refractivity contribution < 1.29 is 50.5 Å². The molecule has 1 amide bonds. The molecule has 226 valence electrons. The van der Waals surface area contributed by atoms with E-state index in [1.165, 1.54) is 19.1 Å². The van der Waals surface area contributed by atoms with Crippen molar-refractivity contribution in [2.45, 2.75) is 24.9 Å². The lowest BCUT2D eigenvalue weighted by atomic mass is 10.1. The van der Waals surface area contributed by atoms with Crippen molar-refractivity contribution in [3.8, 4) is 16.9 Å². The van der Waals surface area contributed by atoms with Crippen LogP contribution in [0.15, 0.2) is 64.8 Å². The van der Waals surface area contributed by atoms with E-state index in [4.69, 9.17) is 0 Å². The van der Waals surface area contributed by atoms with Crippen LogP contribution in [0.4, 0.5) is 18.0 Å². The average molecular weight is 615 g/mol. The lowest BCUT2D eigenvalue weighted by Crippen LogP contribution is -2.42. The largest absolute Gasteiger partial charge is 0.569 e. The van der Waals surface area contributed by atoms with E-state index in [0.717, 1.165) is 40.6 Å². The number of hydrogen-bond acceptors (Lipinski definition) is 10. The highest BCUT2D eigenvalue weighted by Gasteiger charge is 2.35. The molecule has 3 aromatic rings. The number of rotatable bonds is 11. The Balaban J connectivity index is 1.75. The molecular weight excluding hydrogens is 589 g/mol. The summed E-state index contributed by atoms with van der Waals surface area (Å²) < 4.78 is 77.3. The Labute approximate surface area is 237 Å². The highest BCUT2D eigenvalue weighted by Crippen LogP contribution is 2.33. The third-order valence-corrected chi connectivity index (χ3v) is 6.83. The topological polar surface area (TPSA) is 167 Å². The predicted octanol–water partition coefficient (Wildman–Crippen LogP) is 3.54. The molecule has 3 rings (SSSR count). The molecule has 2 aromatic carbocycles.